The van der Waals surface area contributed by atoms with E-state index >= 15 is 0 Å². The zero-order chi connectivity index (χ0) is 8.81. The molecule has 0 aliphatic carbocycles. The fourth-order valence-corrected chi connectivity index (χ4v) is 1.68. The van der Waals surface area contributed by atoms with Crippen LogP contribution in [0.3, 0.4) is 0 Å². The lowest BCUT2D eigenvalue weighted by Crippen LogP contribution is -2.17. The molecule has 2 unspecified atom stereocenters. The lowest BCUT2D eigenvalue weighted by Gasteiger charge is -2.17. The molecule has 1 aliphatic rings. The molecule has 2 atom stereocenters. The summed E-state index contributed by atoms with van der Waals surface area (Å²) in [5.41, 5.74) is 0. The van der Waals surface area contributed by atoms with E-state index in [2.05, 4.69) is 6.92 Å². The van der Waals surface area contributed by atoms with Crippen LogP contribution in [0, 0.1) is 5.92 Å². The number of aliphatic hydroxyl groups is 1. The Hall–Kier alpha value is -0.0800. The zero-order valence-corrected chi connectivity index (χ0v) is 7.96. The maximum atomic E-state index is 9.39. The first-order chi connectivity index (χ1) is 5.79. The highest BCUT2D eigenvalue weighted by Crippen LogP contribution is 2.16. The lowest BCUT2D eigenvalue weighted by atomic mass is 9.97. The van der Waals surface area contributed by atoms with Gasteiger partial charge in [0.2, 0.25) is 0 Å². The molecule has 0 aromatic carbocycles. The Morgan fingerprint density at radius 3 is 2.75 bits per heavy atom. The number of ether oxygens (including phenoxy) is 1. The first-order valence-corrected chi connectivity index (χ1v) is 5.05. The van der Waals surface area contributed by atoms with E-state index in [0.717, 1.165) is 31.8 Å². The van der Waals surface area contributed by atoms with Crippen molar-refractivity contribution in [3.05, 3.63) is 0 Å². The summed E-state index contributed by atoms with van der Waals surface area (Å²) in [6.07, 6.45) is 5.51. The van der Waals surface area contributed by atoms with Gasteiger partial charge in [-0.2, -0.15) is 0 Å². The van der Waals surface area contributed by atoms with E-state index in [4.69, 9.17) is 4.74 Å². The monoisotopic (exact) mass is 172 g/mol. The topological polar surface area (TPSA) is 29.5 Å². The van der Waals surface area contributed by atoms with Gasteiger partial charge in [-0.25, -0.2) is 0 Å². The van der Waals surface area contributed by atoms with Crippen LogP contribution in [0.5, 0.6) is 0 Å². The molecule has 0 aromatic heterocycles. The second-order valence-corrected chi connectivity index (χ2v) is 3.91. The highest BCUT2D eigenvalue weighted by molar-refractivity contribution is 4.60. The van der Waals surface area contributed by atoms with E-state index in [1.165, 1.54) is 12.8 Å². The molecular weight excluding hydrogens is 152 g/mol. The fraction of sp³-hybridized carbons (Fsp3) is 1.00. The second kappa shape index (κ2) is 5.55. The molecule has 0 amide bonds. The molecule has 1 N–H and O–H groups in total. The molecule has 1 aliphatic heterocycles. The van der Waals surface area contributed by atoms with Gasteiger partial charge in [-0.1, -0.05) is 19.8 Å². The molecule has 12 heavy (non-hydrogen) atoms. The highest BCUT2D eigenvalue weighted by Gasteiger charge is 2.09. The standard InChI is InChI=1S/C10H20O2/c1-9-4-2-6-10(11)8-12-7-3-5-9/h9-11H,2-8H2,1H3. The number of aliphatic hydroxyl groups excluding tert-OH is 1. The molecular formula is C10H20O2. The molecule has 1 rings (SSSR count). The summed E-state index contributed by atoms with van der Waals surface area (Å²) in [5, 5.41) is 9.39. The Morgan fingerprint density at radius 2 is 1.92 bits per heavy atom. The molecule has 0 bridgehead atoms. The van der Waals surface area contributed by atoms with Crippen LogP contribution < -0.4 is 0 Å². The van der Waals surface area contributed by atoms with Crippen molar-refractivity contribution in [2.75, 3.05) is 13.2 Å². The SMILES string of the molecule is CC1CCCOCC(O)CCC1. The third-order valence-electron chi connectivity index (χ3n) is 2.53. The molecule has 1 saturated heterocycles. The van der Waals surface area contributed by atoms with E-state index in [9.17, 15) is 5.11 Å². The molecule has 0 spiro atoms. The average molecular weight is 172 g/mol. The van der Waals surface area contributed by atoms with Gasteiger partial charge in [0, 0.05) is 6.61 Å². The molecule has 0 radical (unpaired) electrons. The van der Waals surface area contributed by atoms with Gasteiger partial charge in [0.05, 0.1) is 12.7 Å². The van der Waals surface area contributed by atoms with Gasteiger partial charge >= 0.3 is 0 Å². The summed E-state index contributed by atoms with van der Waals surface area (Å²) in [6, 6.07) is 0. The average Bonchev–Trinajstić information content (AvgIpc) is 2.04. The number of hydrogen-bond donors (Lipinski definition) is 1. The summed E-state index contributed by atoms with van der Waals surface area (Å²) in [4.78, 5) is 0. The smallest absolute Gasteiger partial charge is 0.0773 e. The van der Waals surface area contributed by atoms with Gasteiger partial charge < -0.3 is 9.84 Å². The highest BCUT2D eigenvalue weighted by atomic mass is 16.5. The first kappa shape index (κ1) is 10.0. The van der Waals surface area contributed by atoms with Crippen LogP contribution in [0.25, 0.3) is 0 Å². The van der Waals surface area contributed by atoms with Crippen LogP contribution in [-0.4, -0.2) is 24.4 Å². The number of rotatable bonds is 0. The summed E-state index contributed by atoms with van der Waals surface area (Å²) in [5.74, 6) is 0.805. The van der Waals surface area contributed by atoms with Crippen LogP contribution >= 0.6 is 0 Å². The van der Waals surface area contributed by atoms with Gasteiger partial charge in [0.25, 0.3) is 0 Å². The van der Waals surface area contributed by atoms with Gasteiger partial charge in [0.15, 0.2) is 0 Å². The van der Waals surface area contributed by atoms with E-state index in [0.29, 0.717) is 6.61 Å². The van der Waals surface area contributed by atoms with Crippen LogP contribution in [0.2, 0.25) is 0 Å². The van der Waals surface area contributed by atoms with Crippen LogP contribution in [0.1, 0.15) is 39.0 Å². The van der Waals surface area contributed by atoms with Gasteiger partial charge in [-0.15, -0.1) is 0 Å². The molecule has 0 saturated carbocycles. The van der Waals surface area contributed by atoms with Gasteiger partial charge in [-0.05, 0) is 25.2 Å². The molecule has 2 heteroatoms. The van der Waals surface area contributed by atoms with Gasteiger partial charge in [0.1, 0.15) is 0 Å². The Morgan fingerprint density at radius 1 is 1.17 bits per heavy atom. The molecule has 72 valence electrons. The van der Waals surface area contributed by atoms with Crippen molar-refractivity contribution in [1.82, 2.24) is 0 Å². The summed E-state index contributed by atoms with van der Waals surface area (Å²) < 4.78 is 5.32. The quantitative estimate of drug-likeness (QED) is 0.605. The maximum absolute atomic E-state index is 9.39. The molecule has 0 aromatic rings. The van der Waals surface area contributed by atoms with Crippen molar-refractivity contribution in [2.45, 2.75) is 45.1 Å². The minimum absolute atomic E-state index is 0.227. The van der Waals surface area contributed by atoms with E-state index in [-0.39, 0.29) is 6.10 Å². The van der Waals surface area contributed by atoms with Crippen LogP contribution in [-0.2, 0) is 4.74 Å². The maximum Gasteiger partial charge on any atom is 0.0773 e. The third-order valence-corrected chi connectivity index (χ3v) is 2.53. The van der Waals surface area contributed by atoms with Crippen molar-refractivity contribution in [3.8, 4) is 0 Å². The van der Waals surface area contributed by atoms with Crippen LogP contribution in [0.15, 0.2) is 0 Å². The molecule has 1 heterocycles. The first-order valence-electron chi connectivity index (χ1n) is 5.05. The Bertz CT molecular complexity index is 102. The number of hydrogen-bond acceptors (Lipinski definition) is 2. The van der Waals surface area contributed by atoms with E-state index < -0.39 is 0 Å². The van der Waals surface area contributed by atoms with Gasteiger partial charge in [-0.3, -0.25) is 0 Å². The largest absolute Gasteiger partial charge is 0.391 e. The van der Waals surface area contributed by atoms with Crippen molar-refractivity contribution in [2.24, 2.45) is 5.92 Å². The van der Waals surface area contributed by atoms with E-state index in [1.54, 1.807) is 0 Å². The molecule has 2 nitrogen and oxygen atoms in total. The zero-order valence-electron chi connectivity index (χ0n) is 7.96. The minimum Gasteiger partial charge on any atom is -0.391 e. The minimum atomic E-state index is -0.227. The Kier molecular flexibility index (Phi) is 4.62. The van der Waals surface area contributed by atoms with Crippen molar-refractivity contribution in [3.63, 3.8) is 0 Å². The summed E-state index contributed by atoms with van der Waals surface area (Å²) in [7, 11) is 0. The summed E-state index contributed by atoms with van der Waals surface area (Å²) in [6.45, 7) is 3.64. The second-order valence-electron chi connectivity index (χ2n) is 3.91. The van der Waals surface area contributed by atoms with Crippen molar-refractivity contribution in [1.29, 1.82) is 0 Å². The molecule has 1 fully saturated rings. The third kappa shape index (κ3) is 4.07. The predicted molar refractivity (Wildman–Crippen MR) is 49.1 cm³/mol. The normalized spacial score (nSPS) is 34.5. The predicted octanol–water partition coefficient (Wildman–Crippen LogP) is 1.96. The fourth-order valence-electron chi connectivity index (χ4n) is 1.68. The van der Waals surface area contributed by atoms with Crippen molar-refractivity contribution >= 4 is 0 Å². The van der Waals surface area contributed by atoms with Crippen LogP contribution in [0.4, 0.5) is 0 Å². The van der Waals surface area contributed by atoms with Crippen molar-refractivity contribution < 1.29 is 9.84 Å². The lowest BCUT2D eigenvalue weighted by molar-refractivity contribution is 0.0247. The summed E-state index contributed by atoms with van der Waals surface area (Å²) >= 11 is 0. The van der Waals surface area contributed by atoms with E-state index in [1.807, 2.05) is 0 Å². The Labute approximate surface area is 74.9 Å². The Balaban J connectivity index is 2.21.